The van der Waals surface area contributed by atoms with Crippen LogP contribution >= 0.6 is 0 Å². The van der Waals surface area contributed by atoms with E-state index < -0.39 is 24.1 Å². The third-order valence-electron chi connectivity index (χ3n) is 7.00. The summed E-state index contributed by atoms with van der Waals surface area (Å²) in [6, 6.07) is 8.43. The van der Waals surface area contributed by atoms with Crippen LogP contribution < -0.4 is 5.73 Å². The summed E-state index contributed by atoms with van der Waals surface area (Å²) >= 11 is 0. The molecule has 2 atom stereocenters. The van der Waals surface area contributed by atoms with E-state index in [0.717, 1.165) is 18.4 Å². The minimum absolute atomic E-state index is 0.0321. The minimum Gasteiger partial charge on any atom is -0.445 e. The number of likely N-dealkylation sites (tertiary alicyclic amines) is 3. The van der Waals surface area contributed by atoms with E-state index in [1.54, 1.807) is 9.80 Å². The number of amides is 4. The molecule has 3 heterocycles. The molecule has 9 heteroatoms. The molecule has 2 N–H and O–H groups in total. The molecule has 2 unspecified atom stereocenters. The third-order valence-corrected chi connectivity index (χ3v) is 7.00. The lowest BCUT2D eigenvalue weighted by molar-refractivity contribution is -0.144. The number of piperidine rings is 1. The van der Waals surface area contributed by atoms with E-state index in [0.29, 0.717) is 51.9 Å². The van der Waals surface area contributed by atoms with Crippen molar-refractivity contribution in [2.45, 2.75) is 57.2 Å². The van der Waals surface area contributed by atoms with Crippen molar-refractivity contribution in [2.75, 3.05) is 26.2 Å². The molecule has 0 aromatic heterocycles. The van der Waals surface area contributed by atoms with Gasteiger partial charge >= 0.3 is 6.09 Å². The van der Waals surface area contributed by atoms with Crippen LogP contribution in [0, 0.1) is 5.92 Å². The van der Waals surface area contributed by atoms with Crippen LogP contribution in [0.3, 0.4) is 0 Å². The maximum absolute atomic E-state index is 13.2. The average molecular weight is 457 g/mol. The van der Waals surface area contributed by atoms with Crippen LogP contribution in [0.15, 0.2) is 30.3 Å². The van der Waals surface area contributed by atoms with Crippen molar-refractivity contribution >= 4 is 23.8 Å². The Morgan fingerprint density at radius 3 is 2.12 bits per heavy atom. The van der Waals surface area contributed by atoms with Crippen molar-refractivity contribution in [1.29, 1.82) is 0 Å². The first-order valence-corrected chi connectivity index (χ1v) is 11.8. The number of nitrogens with two attached hydrogens (primary N) is 1. The maximum Gasteiger partial charge on any atom is 0.410 e. The molecule has 33 heavy (non-hydrogen) atoms. The Labute approximate surface area is 193 Å². The zero-order valence-corrected chi connectivity index (χ0v) is 18.9. The highest BCUT2D eigenvalue weighted by atomic mass is 16.6. The standard InChI is InChI=1S/C24H32N4O5/c25-21(29)19-8-4-12-27(19)22(30)18-10-14-26(15-11-18)23(31)20-9-5-13-28(20)24(32)33-16-17-6-2-1-3-7-17/h1-3,6-7,18-20H,4-5,8-16H2,(H2,25,29). The van der Waals surface area contributed by atoms with Crippen LogP contribution in [-0.4, -0.2) is 76.8 Å². The van der Waals surface area contributed by atoms with Gasteiger partial charge in [-0.25, -0.2) is 4.79 Å². The first-order chi connectivity index (χ1) is 16.0. The second-order valence-corrected chi connectivity index (χ2v) is 9.08. The molecule has 4 rings (SSSR count). The zero-order chi connectivity index (χ0) is 23.4. The van der Waals surface area contributed by atoms with E-state index in [-0.39, 0.29) is 24.3 Å². The Morgan fingerprint density at radius 1 is 0.818 bits per heavy atom. The van der Waals surface area contributed by atoms with Gasteiger partial charge in [0.1, 0.15) is 18.7 Å². The van der Waals surface area contributed by atoms with Gasteiger partial charge in [0, 0.05) is 32.1 Å². The summed E-state index contributed by atoms with van der Waals surface area (Å²) in [5.41, 5.74) is 6.35. The van der Waals surface area contributed by atoms with Crippen molar-refractivity contribution in [3.63, 3.8) is 0 Å². The number of ether oxygens (including phenoxy) is 1. The van der Waals surface area contributed by atoms with Gasteiger partial charge in [0.2, 0.25) is 17.7 Å². The van der Waals surface area contributed by atoms with Gasteiger partial charge in [-0.15, -0.1) is 0 Å². The quantitative estimate of drug-likeness (QED) is 0.721. The fraction of sp³-hybridized carbons (Fsp3) is 0.583. The van der Waals surface area contributed by atoms with Gasteiger partial charge in [0.25, 0.3) is 0 Å². The fourth-order valence-corrected chi connectivity index (χ4v) is 5.16. The lowest BCUT2D eigenvalue weighted by Crippen LogP contribution is -2.52. The Morgan fingerprint density at radius 2 is 1.45 bits per heavy atom. The van der Waals surface area contributed by atoms with E-state index in [1.807, 2.05) is 30.3 Å². The largest absolute Gasteiger partial charge is 0.445 e. The summed E-state index contributed by atoms with van der Waals surface area (Å²) in [4.78, 5) is 55.3. The second kappa shape index (κ2) is 10.2. The molecule has 0 bridgehead atoms. The Balaban J connectivity index is 1.29. The van der Waals surface area contributed by atoms with Crippen molar-refractivity contribution < 1.29 is 23.9 Å². The normalized spacial score (nSPS) is 23.6. The SMILES string of the molecule is NC(=O)C1CCCN1C(=O)C1CCN(C(=O)C2CCCN2C(=O)OCc2ccccc2)CC1. The molecule has 0 aliphatic carbocycles. The van der Waals surface area contributed by atoms with Crippen LogP contribution in [0.1, 0.15) is 44.1 Å². The smallest absolute Gasteiger partial charge is 0.410 e. The molecule has 1 aromatic rings. The van der Waals surface area contributed by atoms with Crippen molar-refractivity contribution in [1.82, 2.24) is 14.7 Å². The molecule has 3 fully saturated rings. The number of hydrogen-bond acceptors (Lipinski definition) is 5. The number of carbonyl (C=O) groups excluding carboxylic acids is 4. The van der Waals surface area contributed by atoms with E-state index in [4.69, 9.17) is 10.5 Å². The van der Waals surface area contributed by atoms with Crippen molar-refractivity contribution in [3.05, 3.63) is 35.9 Å². The molecule has 0 saturated carbocycles. The van der Waals surface area contributed by atoms with E-state index in [9.17, 15) is 19.2 Å². The minimum atomic E-state index is -0.515. The van der Waals surface area contributed by atoms with Gasteiger partial charge in [0.05, 0.1) is 0 Å². The highest BCUT2D eigenvalue weighted by Crippen LogP contribution is 2.27. The monoisotopic (exact) mass is 456 g/mol. The van der Waals surface area contributed by atoms with Gasteiger partial charge in [-0.1, -0.05) is 30.3 Å². The van der Waals surface area contributed by atoms with Gasteiger partial charge in [-0.3, -0.25) is 19.3 Å². The van der Waals surface area contributed by atoms with Gasteiger partial charge in [-0.2, -0.15) is 0 Å². The molecule has 3 aliphatic heterocycles. The zero-order valence-electron chi connectivity index (χ0n) is 18.9. The number of benzene rings is 1. The van der Waals surface area contributed by atoms with E-state index in [1.165, 1.54) is 4.90 Å². The predicted molar refractivity (Wildman–Crippen MR) is 120 cm³/mol. The fourth-order valence-electron chi connectivity index (χ4n) is 5.16. The Bertz CT molecular complexity index is 884. The van der Waals surface area contributed by atoms with Crippen LogP contribution in [0.25, 0.3) is 0 Å². The first-order valence-electron chi connectivity index (χ1n) is 11.8. The lowest BCUT2D eigenvalue weighted by atomic mass is 9.94. The molecular formula is C24H32N4O5. The predicted octanol–water partition coefficient (Wildman–Crippen LogP) is 1.50. The molecule has 178 valence electrons. The highest BCUT2D eigenvalue weighted by Gasteiger charge is 2.41. The molecule has 1 aromatic carbocycles. The summed E-state index contributed by atoms with van der Waals surface area (Å²) < 4.78 is 5.44. The number of rotatable bonds is 5. The van der Waals surface area contributed by atoms with E-state index >= 15 is 0 Å². The average Bonchev–Trinajstić information content (AvgIpc) is 3.53. The topological polar surface area (TPSA) is 113 Å². The summed E-state index contributed by atoms with van der Waals surface area (Å²) in [6.45, 7) is 2.17. The summed E-state index contributed by atoms with van der Waals surface area (Å²) in [5.74, 6) is -0.764. The molecule has 3 saturated heterocycles. The van der Waals surface area contributed by atoms with Gasteiger partial charge in [-0.05, 0) is 44.1 Å². The van der Waals surface area contributed by atoms with Crippen LogP contribution in [0.2, 0.25) is 0 Å². The molecule has 9 nitrogen and oxygen atoms in total. The van der Waals surface area contributed by atoms with Crippen LogP contribution in [-0.2, 0) is 25.7 Å². The van der Waals surface area contributed by atoms with E-state index in [2.05, 4.69) is 0 Å². The number of hydrogen-bond donors (Lipinski definition) is 1. The molecule has 0 spiro atoms. The summed E-state index contributed by atoms with van der Waals surface area (Å²) in [6.07, 6.45) is 3.42. The Kier molecular flexibility index (Phi) is 7.15. The number of nitrogens with zero attached hydrogens (tertiary/aromatic N) is 3. The van der Waals surface area contributed by atoms with Crippen molar-refractivity contribution in [2.24, 2.45) is 11.7 Å². The molecule has 0 radical (unpaired) electrons. The number of primary amides is 1. The number of carbonyl (C=O) groups is 4. The highest BCUT2D eigenvalue weighted by molar-refractivity contribution is 5.89. The second-order valence-electron chi connectivity index (χ2n) is 9.08. The van der Waals surface area contributed by atoms with Crippen LogP contribution in [0.4, 0.5) is 4.79 Å². The molecule has 4 amide bonds. The molecular weight excluding hydrogens is 424 g/mol. The van der Waals surface area contributed by atoms with Crippen molar-refractivity contribution in [3.8, 4) is 0 Å². The summed E-state index contributed by atoms with van der Waals surface area (Å²) in [5, 5.41) is 0. The van der Waals surface area contributed by atoms with Crippen LogP contribution in [0.5, 0.6) is 0 Å². The first kappa shape index (κ1) is 23.1. The molecule has 3 aliphatic rings. The summed E-state index contributed by atoms with van der Waals surface area (Å²) in [7, 11) is 0. The third kappa shape index (κ3) is 5.12. The lowest BCUT2D eigenvalue weighted by Gasteiger charge is -2.36. The maximum atomic E-state index is 13.2. The van der Waals surface area contributed by atoms with Gasteiger partial charge in [0.15, 0.2) is 0 Å². The Hall–Kier alpha value is -3.10. The van der Waals surface area contributed by atoms with Gasteiger partial charge < -0.3 is 20.3 Å².